The quantitative estimate of drug-likeness (QED) is 0.850. The van der Waals surface area contributed by atoms with Gasteiger partial charge in [-0.15, -0.1) is 0 Å². The zero-order valence-corrected chi connectivity index (χ0v) is 9.89. The molecule has 1 aromatic carbocycles. The van der Waals surface area contributed by atoms with Gasteiger partial charge in [0, 0.05) is 17.9 Å². The minimum Gasteiger partial charge on any atom is -0.493 e. The SMILES string of the molecule is O=C1CCCC1CCOc1ccccc1CO. The van der Waals surface area contributed by atoms with Gasteiger partial charge in [0.25, 0.3) is 0 Å². The van der Waals surface area contributed by atoms with Gasteiger partial charge in [0.2, 0.25) is 0 Å². The number of benzene rings is 1. The van der Waals surface area contributed by atoms with Crippen LogP contribution in [0.4, 0.5) is 0 Å². The van der Waals surface area contributed by atoms with E-state index >= 15 is 0 Å². The van der Waals surface area contributed by atoms with Crippen molar-refractivity contribution in [3.05, 3.63) is 29.8 Å². The Balaban J connectivity index is 1.83. The summed E-state index contributed by atoms with van der Waals surface area (Å²) in [4.78, 5) is 11.4. The maximum atomic E-state index is 11.4. The van der Waals surface area contributed by atoms with Crippen LogP contribution in [-0.2, 0) is 11.4 Å². The highest BCUT2D eigenvalue weighted by atomic mass is 16.5. The van der Waals surface area contributed by atoms with Crippen molar-refractivity contribution >= 4 is 5.78 Å². The lowest BCUT2D eigenvalue weighted by Crippen LogP contribution is -2.11. The number of para-hydroxylation sites is 1. The van der Waals surface area contributed by atoms with E-state index in [9.17, 15) is 4.79 Å². The molecule has 0 bridgehead atoms. The van der Waals surface area contributed by atoms with E-state index in [-0.39, 0.29) is 12.5 Å². The Hall–Kier alpha value is -1.35. The van der Waals surface area contributed by atoms with Crippen LogP contribution in [0, 0.1) is 5.92 Å². The van der Waals surface area contributed by atoms with E-state index in [1.807, 2.05) is 24.3 Å². The summed E-state index contributed by atoms with van der Waals surface area (Å²) in [5.74, 6) is 1.29. The minimum atomic E-state index is -0.0153. The highest BCUT2D eigenvalue weighted by Gasteiger charge is 2.23. The molecular weight excluding hydrogens is 216 g/mol. The predicted molar refractivity (Wildman–Crippen MR) is 64.8 cm³/mol. The van der Waals surface area contributed by atoms with Crippen molar-refractivity contribution in [2.45, 2.75) is 32.3 Å². The number of Topliss-reactive ketones (excluding diaryl/α,β-unsaturated/α-hetero) is 1. The molecule has 0 aliphatic heterocycles. The maximum absolute atomic E-state index is 11.4. The van der Waals surface area contributed by atoms with Gasteiger partial charge in [0.15, 0.2) is 0 Å². The van der Waals surface area contributed by atoms with Crippen LogP contribution in [0.3, 0.4) is 0 Å². The molecule has 92 valence electrons. The van der Waals surface area contributed by atoms with Crippen molar-refractivity contribution in [3.8, 4) is 5.75 Å². The average molecular weight is 234 g/mol. The number of hydrogen-bond acceptors (Lipinski definition) is 3. The average Bonchev–Trinajstić information content (AvgIpc) is 2.76. The molecule has 3 heteroatoms. The van der Waals surface area contributed by atoms with Gasteiger partial charge in [-0.25, -0.2) is 0 Å². The molecule has 1 atom stereocenters. The Labute approximate surface area is 101 Å². The highest BCUT2D eigenvalue weighted by molar-refractivity contribution is 5.82. The van der Waals surface area contributed by atoms with Crippen LogP contribution in [0.2, 0.25) is 0 Å². The number of carbonyl (C=O) groups excluding carboxylic acids is 1. The summed E-state index contributed by atoms with van der Waals surface area (Å²) in [7, 11) is 0. The molecule has 1 aliphatic carbocycles. The molecule has 1 unspecified atom stereocenters. The molecule has 0 radical (unpaired) electrons. The first kappa shape index (κ1) is 12.1. The molecule has 17 heavy (non-hydrogen) atoms. The van der Waals surface area contributed by atoms with Gasteiger partial charge in [-0.2, -0.15) is 0 Å². The summed E-state index contributed by atoms with van der Waals surface area (Å²) in [5.41, 5.74) is 0.797. The lowest BCUT2D eigenvalue weighted by Gasteiger charge is -2.12. The molecule has 0 heterocycles. The van der Waals surface area contributed by atoms with Gasteiger partial charge < -0.3 is 9.84 Å². The third kappa shape index (κ3) is 3.07. The van der Waals surface area contributed by atoms with Gasteiger partial charge in [0.05, 0.1) is 13.2 Å². The van der Waals surface area contributed by atoms with Crippen LogP contribution < -0.4 is 4.74 Å². The zero-order chi connectivity index (χ0) is 12.1. The molecule has 0 spiro atoms. The first-order valence-corrected chi connectivity index (χ1v) is 6.15. The molecule has 0 aromatic heterocycles. The summed E-state index contributed by atoms with van der Waals surface area (Å²) in [5, 5.41) is 9.14. The number of hydrogen-bond donors (Lipinski definition) is 1. The molecule has 2 rings (SSSR count). The summed E-state index contributed by atoms with van der Waals surface area (Å²) in [6.45, 7) is 0.534. The van der Waals surface area contributed by atoms with E-state index in [1.165, 1.54) is 0 Å². The van der Waals surface area contributed by atoms with E-state index in [0.717, 1.165) is 37.0 Å². The van der Waals surface area contributed by atoms with Gasteiger partial charge in [-0.1, -0.05) is 18.2 Å². The van der Waals surface area contributed by atoms with Crippen LogP contribution >= 0.6 is 0 Å². The molecule has 0 saturated heterocycles. The molecule has 1 aliphatic rings. The third-order valence-corrected chi connectivity index (χ3v) is 3.30. The van der Waals surface area contributed by atoms with Crippen LogP contribution in [0.1, 0.15) is 31.2 Å². The second-order valence-corrected chi connectivity index (χ2v) is 4.46. The Morgan fingerprint density at radius 3 is 2.88 bits per heavy atom. The first-order valence-electron chi connectivity index (χ1n) is 6.15. The van der Waals surface area contributed by atoms with E-state index in [0.29, 0.717) is 12.4 Å². The fourth-order valence-electron chi connectivity index (χ4n) is 2.28. The molecule has 3 nitrogen and oxygen atoms in total. The zero-order valence-electron chi connectivity index (χ0n) is 9.89. The number of ether oxygens (including phenoxy) is 1. The van der Waals surface area contributed by atoms with Gasteiger partial charge in [0.1, 0.15) is 11.5 Å². The van der Waals surface area contributed by atoms with Crippen molar-refractivity contribution in [3.63, 3.8) is 0 Å². The largest absolute Gasteiger partial charge is 0.493 e. The number of aliphatic hydroxyl groups excluding tert-OH is 1. The lowest BCUT2D eigenvalue weighted by atomic mass is 10.0. The van der Waals surface area contributed by atoms with E-state index in [2.05, 4.69) is 0 Å². The topological polar surface area (TPSA) is 46.5 Å². The van der Waals surface area contributed by atoms with Gasteiger partial charge in [-0.05, 0) is 25.3 Å². The molecule has 1 fully saturated rings. The van der Waals surface area contributed by atoms with Crippen molar-refractivity contribution < 1.29 is 14.6 Å². The second-order valence-electron chi connectivity index (χ2n) is 4.46. The summed E-state index contributed by atoms with van der Waals surface area (Å²) in [6, 6.07) is 7.45. The summed E-state index contributed by atoms with van der Waals surface area (Å²) < 4.78 is 5.63. The van der Waals surface area contributed by atoms with Gasteiger partial charge >= 0.3 is 0 Å². The van der Waals surface area contributed by atoms with E-state index in [4.69, 9.17) is 9.84 Å². The number of ketones is 1. The Morgan fingerprint density at radius 1 is 1.35 bits per heavy atom. The first-order chi connectivity index (χ1) is 8.31. The highest BCUT2D eigenvalue weighted by Crippen LogP contribution is 2.25. The molecule has 1 aromatic rings. The number of rotatable bonds is 5. The standard InChI is InChI=1S/C14H18O3/c15-10-12-4-1-2-7-14(12)17-9-8-11-5-3-6-13(11)16/h1-2,4,7,11,15H,3,5-6,8-10H2. The molecule has 1 N–H and O–H groups in total. The number of carbonyl (C=O) groups is 1. The van der Waals surface area contributed by atoms with Crippen molar-refractivity contribution in [1.82, 2.24) is 0 Å². The van der Waals surface area contributed by atoms with Crippen molar-refractivity contribution in [2.75, 3.05) is 6.61 Å². The summed E-state index contributed by atoms with van der Waals surface area (Å²) >= 11 is 0. The fourth-order valence-corrected chi connectivity index (χ4v) is 2.28. The van der Waals surface area contributed by atoms with Crippen LogP contribution in [-0.4, -0.2) is 17.5 Å². The Morgan fingerprint density at radius 2 is 2.18 bits per heavy atom. The number of aliphatic hydroxyl groups is 1. The Bertz CT molecular complexity index is 387. The third-order valence-electron chi connectivity index (χ3n) is 3.30. The lowest BCUT2D eigenvalue weighted by molar-refractivity contribution is -0.121. The molecular formula is C14H18O3. The predicted octanol–water partition coefficient (Wildman–Crippen LogP) is 2.32. The van der Waals surface area contributed by atoms with E-state index < -0.39 is 0 Å². The van der Waals surface area contributed by atoms with Crippen LogP contribution in [0.25, 0.3) is 0 Å². The minimum absolute atomic E-state index is 0.0153. The smallest absolute Gasteiger partial charge is 0.136 e. The molecule has 0 amide bonds. The van der Waals surface area contributed by atoms with Crippen LogP contribution in [0.15, 0.2) is 24.3 Å². The summed E-state index contributed by atoms with van der Waals surface area (Å²) in [6.07, 6.45) is 3.55. The monoisotopic (exact) mass is 234 g/mol. The second kappa shape index (κ2) is 5.82. The Kier molecular flexibility index (Phi) is 4.15. The van der Waals surface area contributed by atoms with Crippen LogP contribution in [0.5, 0.6) is 5.75 Å². The van der Waals surface area contributed by atoms with Gasteiger partial charge in [-0.3, -0.25) is 4.79 Å². The van der Waals surface area contributed by atoms with E-state index in [1.54, 1.807) is 0 Å². The van der Waals surface area contributed by atoms with Crippen molar-refractivity contribution in [2.24, 2.45) is 5.92 Å². The molecule has 1 saturated carbocycles. The maximum Gasteiger partial charge on any atom is 0.136 e. The normalized spacial score (nSPS) is 19.6. The van der Waals surface area contributed by atoms with Crippen molar-refractivity contribution in [1.29, 1.82) is 0 Å². The fraction of sp³-hybridized carbons (Fsp3) is 0.500.